The largest absolute Gasteiger partial charge is 0.491 e. The van der Waals surface area contributed by atoms with Crippen molar-refractivity contribution in [3.63, 3.8) is 0 Å². The van der Waals surface area contributed by atoms with Crippen molar-refractivity contribution < 1.29 is 9.66 Å². The first-order valence-corrected chi connectivity index (χ1v) is 6.16. The fraction of sp³-hybridized carbons (Fsp3) is 0.538. The first kappa shape index (κ1) is 15.2. The number of nitrogens with zero attached hydrogens (tertiary/aromatic N) is 1. The van der Waals surface area contributed by atoms with Gasteiger partial charge in [-0.1, -0.05) is 0 Å². The van der Waals surface area contributed by atoms with Gasteiger partial charge in [-0.2, -0.15) is 0 Å². The maximum absolute atomic E-state index is 10.9. The minimum Gasteiger partial charge on any atom is -0.491 e. The molecule has 6 heteroatoms. The van der Waals surface area contributed by atoms with E-state index in [-0.39, 0.29) is 11.8 Å². The minimum atomic E-state index is -0.439. The van der Waals surface area contributed by atoms with Crippen LogP contribution >= 0.6 is 0 Å². The minimum absolute atomic E-state index is 0.00419. The van der Waals surface area contributed by atoms with E-state index >= 15 is 0 Å². The molecule has 0 bridgehead atoms. The molecule has 0 unspecified atom stereocenters. The van der Waals surface area contributed by atoms with Gasteiger partial charge in [-0.25, -0.2) is 0 Å². The maximum Gasteiger partial charge on any atom is 0.275 e. The molecular formula is C13H21N3O3. The van der Waals surface area contributed by atoms with Gasteiger partial charge in [0.1, 0.15) is 5.75 Å². The average molecular weight is 267 g/mol. The molecule has 0 aliphatic heterocycles. The monoisotopic (exact) mass is 267 g/mol. The molecule has 19 heavy (non-hydrogen) atoms. The Balaban J connectivity index is 2.96. The lowest BCUT2D eigenvalue weighted by Gasteiger charge is -2.20. The standard InChI is InChI=1S/C13H21N3O3/c1-9(2)19-12-6-10(15-8-13(3,4)14)5-11(7-12)16(17)18/h5-7,9,15H,8,14H2,1-4H3. The Morgan fingerprint density at radius 2 is 2.05 bits per heavy atom. The van der Waals surface area contributed by atoms with Crippen LogP contribution in [0.5, 0.6) is 5.75 Å². The summed E-state index contributed by atoms with van der Waals surface area (Å²) in [5.41, 5.74) is 6.10. The third-order valence-electron chi connectivity index (χ3n) is 2.22. The van der Waals surface area contributed by atoms with Gasteiger partial charge in [0.2, 0.25) is 0 Å². The molecule has 0 aliphatic carbocycles. The fourth-order valence-electron chi connectivity index (χ4n) is 1.46. The number of nitrogens with one attached hydrogen (secondary N) is 1. The fourth-order valence-corrected chi connectivity index (χ4v) is 1.46. The van der Waals surface area contributed by atoms with Gasteiger partial charge in [0, 0.05) is 29.9 Å². The number of nitro benzene ring substituents is 1. The van der Waals surface area contributed by atoms with Gasteiger partial charge < -0.3 is 15.8 Å². The quantitative estimate of drug-likeness (QED) is 0.610. The maximum atomic E-state index is 10.9. The van der Waals surface area contributed by atoms with Crippen LogP contribution in [0.3, 0.4) is 0 Å². The topological polar surface area (TPSA) is 90.4 Å². The van der Waals surface area contributed by atoms with Crippen molar-refractivity contribution in [1.29, 1.82) is 0 Å². The lowest BCUT2D eigenvalue weighted by molar-refractivity contribution is -0.384. The number of rotatable bonds is 6. The van der Waals surface area contributed by atoms with Crippen molar-refractivity contribution in [2.24, 2.45) is 5.73 Å². The normalized spacial score (nSPS) is 11.5. The van der Waals surface area contributed by atoms with Gasteiger partial charge in [-0.3, -0.25) is 10.1 Å². The Morgan fingerprint density at radius 1 is 1.42 bits per heavy atom. The summed E-state index contributed by atoms with van der Waals surface area (Å²) in [6, 6.07) is 4.62. The number of ether oxygens (including phenoxy) is 1. The van der Waals surface area contributed by atoms with Crippen molar-refractivity contribution >= 4 is 11.4 Å². The van der Waals surface area contributed by atoms with Crippen molar-refractivity contribution in [3.05, 3.63) is 28.3 Å². The van der Waals surface area contributed by atoms with E-state index in [1.54, 1.807) is 6.07 Å². The molecule has 0 atom stereocenters. The second-order valence-corrected chi connectivity index (χ2v) is 5.48. The van der Waals surface area contributed by atoms with E-state index < -0.39 is 10.5 Å². The van der Waals surface area contributed by atoms with Gasteiger partial charge in [0.25, 0.3) is 5.69 Å². The van der Waals surface area contributed by atoms with E-state index in [0.29, 0.717) is 18.0 Å². The number of hydrogen-bond donors (Lipinski definition) is 2. The van der Waals surface area contributed by atoms with Gasteiger partial charge in [0.15, 0.2) is 0 Å². The highest BCUT2D eigenvalue weighted by Gasteiger charge is 2.14. The predicted octanol–water partition coefficient (Wildman–Crippen LogP) is 2.53. The van der Waals surface area contributed by atoms with Crippen LogP contribution in [0, 0.1) is 10.1 Å². The highest BCUT2D eigenvalue weighted by molar-refractivity contribution is 5.56. The van der Waals surface area contributed by atoms with Crippen molar-refractivity contribution in [1.82, 2.24) is 0 Å². The molecular weight excluding hydrogens is 246 g/mol. The molecule has 0 fully saturated rings. The first-order chi connectivity index (χ1) is 8.67. The molecule has 1 aromatic rings. The summed E-state index contributed by atoms with van der Waals surface area (Å²) in [4.78, 5) is 10.5. The zero-order chi connectivity index (χ0) is 14.6. The molecule has 0 aliphatic rings. The van der Waals surface area contributed by atoms with Crippen LogP contribution in [0.4, 0.5) is 11.4 Å². The Bertz CT molecular complexity index is 453. The molecule has 0 saturated carbocycles. The highest BCUT2D eigenvalue weighted by atomic mass is 16.6. The van der Waals surface area contributed by atoms with E-state index in [1.165, 1.54) is 12.1 Å². The van der Waals surface area contributed by atoms with Crippen molar-refractivity contribution in [2.45, 2.75) is 39.3 Å². The van der Waals surface area contributed by atoms with E-state index in [1.807, 2.05) is 27.7 Å². The van der Waals surface area contributed by atoms with Crippen molar-refractivity contribution in [3.8, 4) is 5.75 Å². The van der Waals surface area contributed by atoms with Crippen LogP contribution in [0.25, 0.3) is 0 Å². The van der Waals surface area contributed by atoms with Crippen LogP contribution < -0.4 is 15.8 Å². The third-order valence-corrected chi connectivity index (χ3v) is 2.22. The second-order valence-electron chi connectivity index (χ2n) is 5.48. The third kappa shape index (κ3) is 5.56. The van der Waals surface area contributed by atoms with Gasteiger partial charge in [0.05, 0.1) is 17.1 Å². The Hall–Kier alpha value is -1.82. The molecule has 1 aromatic carbocycles. The molecule has 0 spiro atoms. The van der Waals surface area contributed by atoms with E-state index in [4.69, 9.17) is 10.5 Å². The SMILES string of the molecule is CC(C)Oc1cc(NCC(C)(C)N)cc([N+](=O)[O-])c1. The number of anilines is 1. The van der Waals surface area contributed by atoms with Crippen molar-refractivity contribution in [2.75, 3.05) is 11.9 Å². The van der Waals surface area contributed by atoms with Crippen LogP contribution in [0.15, 0.2) is 18.2 Å². The van der Waals surface area contributed by atoms with Crippen LogP contribution in [-0.2, 0) is 0 Å². The van der Waals surface area contributed by atoms with Gasteiger partial charge in [-0.05, 0) is 27.7 Å². The lowest BCUT2D eigenvalue weighted by Crippen LogP contribution is -2.39. The number of benzene rings is 1. The Morgan fingerprint density at radius 3 is 2.53 bits per heavy atom. The molecule has 0 radical (unpaired) electrons. The summed E-state index contributed by atoms with van der Waals surface area (Å²) in [6.07, 6.45) is -0.0409. The molecule has 0 amide bonds. The average Bonchev–Trinajstić information content (AvgIpc) is 2.24. The first-order valence-electron chi connectivity index (χ1n) is 6.16. The summed E-state index contributed by atoms with van der Waals surface area (Å²) < 4.78 is 5.50. The van der Waals surface area contributed by atoms with Gasteiger partial charge >= 0.3 is 0 Å². The van der Waals surface area contributed by atoms with Crippen LogP contribution in [0.2, 0.25) is 0 Å². The molecule has 106 valence electrons. The second kappa shape index (κ2) is 5.88. The Kier molecular flexibility index (Phi) is 4.72. The lowest BCUT2D eigenvalue weighted by atomic mass is 10.1. The molecule has 3 N–H and O–H groups in total. The predicted molar refractivity (Wildman–Crippen MR) is 75.6 cm³/mol. The molecule has 6 nitrogen and oxygen atoms in total. The van der Waals surface area contributed by atoms with E-state index in [9.17, 15) is 10.1 Å². The molecule has 1 rings (SSSR count). The number of non-ortho nitro benzene ring substituents is 1. The summed E-state index contributed by atoms with van der Waals surface area (Å²) in [5, 5.41) is 14.0. The molecule has 0 heterocycles. The Labute approximate surface area is 113 Å². The summed E-state index contributed by atoms with van der Waals surface area (Å²) in [5.74, 6) is 0.474. The number of hydrogen-bond acceptors (Lipinski definition) is 5. The van der Waals surface area contributed by atoms with Gasteiger partial charge in [-0.15, -0.1) is 0 Å². The highest BCUT2D eigenvalue weighted by Crippen LogP contribution is 2.27. The zero-order valence-electron chi connectivity index (χ0n) is 11.8. The van der Waals surface area contributed by atoms with Crippen LogP contribution in [0.1, 0.15) is 27.7 Å². The van der Waals surface area contributed by atoms with E-state index in [2.05, 4.69) is 5.32 Å². The summed E-state index contributed by atoms with van der Waals surface area (Å²) >= 11 is 0. The van der Waals surface area contributed by atoms with Crippen LogP contribution in [-0.4, -0.2) is 23.1 Å². The summed E-state index contributed by atoms with van der Waals surface area (Å²) in [6.45, 7) is 8.00. The van der Waals surface area contributed by atoms with E-state index in [0.717, 1.165) is 0 Å². The molecule has 0 aromatic heterocycles. The smallest absolute Gasteiger partial charge is 0.275 e. The zero-order valence-corrected chi connectivity index (χ0v) is 11.8. The number of nitrogens with two attached hydrogens (primary N) is 1. The molecule has 0 saturated heterocycles. The summed E-state index contributed by atoms with van der Waals surface area (Å²) in [7, 11) is 0. The number of nitro groups is 1.